The molecule has 1 aliphatic carbocycles. The first-order valence-electron chi connectivity index (χ1n) is 11.5. The van der Waals surface area contributed by atoms with Gasteiger partial charge >= 0.3 is 5.23 Å². The van der Waals surface area contributed by atoms with Crippen LogP contribution < -0.4 is 15.2 Å². The average Bonchev–Trinajstić information content (AvgIpc) is 2.91. The summed E-state index contributed by atoms with van der Waals surface area (Å²) in [6.45, 7) is 12.7. The fourth-order valence-electron chi connectivity index (χ4n) is 3.98. The van der Waals surface area contributed by atoms with Crippen LogP contribution in [0.5, 0.6) is 5.75 Å². The van der Waals surface area contributed by atoms with Crippen molar-refractivity contribution in [2.24, 2.45) is 10.9 Å². The first-order valence-corrected chi connectivity index (χ1v) is 12.0. The Bertz CT molecular complexity index is 1230. The fourth-order valence-corrected chi connectivity index (χ4v) is 4.20. The number of aryl methyl sites for hydroxylation is 2. The van der Waals surface area contributed by atoms with Crippen LogP contribution in [0.1, 0.15) is 37.5 Å². The van der Waals surface area contributed by atoms with E-state index in [9.17, 15) is 0 Å². The standard InChI is InChI=1S/C28H35N3OS/c1-7-31(6)13-12-22-15-20(4)26(16-19(22)3)32-28(33)30-27(29)24-14-18(2)21(5)25-11-9-8-10-23(25)17-24/h8-11,14-18H,7,12-13H2,1-6H3,(H2,29,30,33)/p+1. The molecule has 0 aromatic heterocycles. The van der Waals surface area contributed by atoms with Gasteiger partial charge in [-0.25, -0.2) is 0 Å². The second kappa shape index (κ2) is 11.0. The van der Waals surface area contributed by atoms with Gasteiger partial charge in [0.15, 0.2) is 5.84 Å². The molecule has 5 heteroatoms. The van der Waals surface area contributed by atoms with Crippen LogP contribution in [-0.2, 0) is 19.0 Å². The zero-order valence-corrected chi connectivity index (χ0v) is 21.6. The number of allylic oxidation sites excluding steroid dienone is 1. The number of amidine groups is 1. The summed E-state index contributed by atoms with van der Waals surface area (Å²) in [5, 5.41) is 11.2. The summed E-state index contributed by atoms with van der Waals surface area (Å²) in [6.07, 6.45) is 5.14. The minimum Gasteiger partial charge on any atom is -0.402 e. The molecule has 0 saturated heterocycles. The molecule has 174 valence electrons. The highest BCUT2D eigenvalue weighted by molar-refractivity contribution is 7.77. The molecule has 0 bridgehead atoms. The van der Waals surface area contributed by atoms with Gasteiger partial charge in [-0.05, 0) is 86.0 Å². The minimum absolute atomic E-state index is 0.171. The molecule has 0 saturated carbocycles. The smallest absolute Gasteiger partial charge is 0.402 e. The number of nitrogens with zero attached hydrogens (tertiary/aromatic N) is 2. The van der Waals surface area contributed by atoms with Crippen molar-refractivity contribution in [3.8, 4) is 5.75 Å². The predicted molar refractivity (Wildman–Crippen MR) is 145 cm³/mol. The number of ether oxygens (including phenoxy) is 1. The highest BCUT2D eigenvalue weighted by Crippen LogP contribution is 2.24. The molecule has 1 N–H and O–H groups in total. The van der Waals surface area contributed by atoms with Gasteiger partial charge in [0.05, 0.1) is 12.6 Å². The lowest BCUT2D eigenvalue weighted by Crippen LogP contribution is -2.26. The molecule has 0 aliphatic heterocycles. The summed E-state index contributed by atoms with van der Waals surface area (Å²) < 4.78 is 6.00. The van der Waals surface area contributed by atoms with Gasteiger partial charge in [0.1, 0.15) is 5.75 Å². The molecule has 3 rings (SSSR count). The molecule has 0 radical (unpaired) electrons. The maximum absolute atomic E-state index is 8.60. The summed E-state index contributed by atoms with van der Waals surface area (Å²) in [5.41, 5.74) is 5.67. The van der Waals surface area contributed by atoms with Gasteiger partial charge in [-0.2, -0.15) is 0 Å². The summed E-state index contributed by atoms with van der Waals surface area (Å²) in [7, 11) is 2.14. The van der Waals surface area contributed by atoms with E-state index in [4.69, 9.17) is 10.1 Å². The molecule has 1 atom stereocenters. The normalized spacial score (nSPS) is 16.1. The number of aliphatic imine (C=N–C) groups is 1. The van der Waals surface area contributed by atoms with Crippen LogP contribution in [0.2, 0.25) is 0 Å². The average molecular weight is 463 g/mol. The molecule has 33 heavy (non-hydrogen) atoms. The van der Waals surface area contributed by atoms with E-state index in [0.717, 1.165) is 41.6 Å². The third kappa shape index (κ3) is 6.24. The third-order valence-electron chi connectivity index (χ3n) is 6.44. The second-order valence-corrected chi connectivity index (χ2v) is 9.31. The summed E-state index contributed by atoms with van der Waals surface area (Å²) in [4.78, 5) is 6.72. The Morgan fingerprint density at radius 2 is 1.88 bits per heavy atom. The van der Waals surface area contributed by atoms with Crippen LogP contribution >= 0.6 is 0 Å². The van der Waals surface area contributed by atoms with Crippen LogP contribution in [0, 0.1) is 25.2 Å². The molecule has 0 amide bonds. The number of hydrogen-bond acceptors (Lipinski definition) is 3. The lowest BCUT2D eigenvalue weighted by molar-refractivity contribution is 0.357. The highest BCUT2D eigenvalue weighted by Gasteiger charge is 2.15. The molecule has 2 aromatic rings. The van der Waals surface area contributed by atoms with Crippen LogP contribution in [0.4, 0.5) is 0 Å². The number of hydrogen-bond donors (Lipinski definition) is 1. The molecule has 4 nitrogen and oxygen atoms in total. The van der Waals surface area contributed by atoms with Gasteiger partial charge in [0.25, 0.3) is 0 Å². The maximum atomic E-state index is 8.60. The van der Waals surface area contributed by atoms with Crippen molar-refractivity contribution < 1.29 is 4.74 Å². The number of likely N-dealkylation sites (N-methyl/N-ethyl adjacent to an activating group) is 1. The van der Waals surface area contributed by atoms with Crippen LogP contribution in [0.15, 0.2) is 53.0 Å². The van der Waals surface area contributed by atoms with E-state index in [1.807, 2.05) is 19.1 Å². The zero-order valence-electron chi connectivity index (χ0n) is 20.6. The lowest BCUT2D eigenvalue weighted by Gasteiger charge is -2.16. The van der Waals surface area contributed by atoms with Crippen molar-refractivity contribution in [2.75, 3.05) is 20.1 Å². The summed E-state index contributed by atoms with van der Waals surface area (Å²) in [6, 6.07) is 12.5. The lowest BCUT2D eigenvalue weighted by atomic mass is 9.99. The van der Waals surface area contributed by atoms with E-state index in [1.165, 1.54) is 21.9 Å². The van der Waals surface area contributed by atoms with Gasteiger partial charge < -0.3 is 9.64 Å². The minimum atomic E-state index is 0.171. The first-order chi connectivity index (χ1) is 15.7. The third-order valence-corrected chi connectivity index (χ3v) is 6.65. The Morgan fingerprint density at radius 3 is 2.61 bits per heavy atom. The van der Waals surface area contributed by atoms with Crippen molar-refractivity contribution in [2.45, 2.75) is 41.0 Å². The van der Waals surface area contributed by atoms with Crippen LogP contribution in [-0.4, -0.2) is 36.1 Å². The summed E-state index contributed by atoms with van der Waals surface area (Å²) in [5.74, 6) is 1.15. The van der Waals surface area contributed by atoms with E-state index in [-0.39, 0.29) is 17.0 Å². The molecule has 0 fully saturated rings. The Hall–Kier alpha value is -2.63. The van der Waals surface area contributed by atoms with Gasteiger partial charge in [-0.3, -0.25) is 5.41 Å². The monoisotopic (exact) mass is 462 g/mol. The van der Waals surface area contributed by atoms with Gasteiger partial charge in [0.2, 0.25) is 0 Å². The van der Waals surface area contributed by atoms with Gasteiger partial charge in [-0.1, -0.05) is 55.8 Å². The molecule has 1 unspecified atom stereocenters. The topological polar surface area (TPSA) is 48.7 Å². The van der Waals surface area contributed by atoms with E-state index in [0.29, 0.717) is 0 Å². The molecular formula is C28H36N3OS+. The molecular weight excluding hydrogens is 426 g/mol. The molecule has 0 spiro atoms. The molecule has 0 heterocycles. The van der Waals surface area contributed by atoms with Crippen molar-refractivity contribution in [3.05, 3.63) is 75.2 Å². The largest absolute Gasteiger partial charge is 0.414 e. The SMILES string of the molecule is CCN(C)CCc1cc(C)c(OC([SH2+])=NC(=N)C2=CC(C)C(C)=c3ccccc3=C2)cc1C. The quantitative estimate of drug-likeness (QED) is 0.404. The Balaban J connectivity index is 1.80. The van der Waals surface area contributed by atoms with E-state index in [1.54, 1.807) is 0 Å². The molecule has 2 aromatic carbocycles. The van der Waals surface area contributed by atoms with E-state index < -0.39 is 0 Å². The van der Waals surface area contributed by atoms with Crippen molar-refractivity contribution in [1.82, 2.24) is 4.90 Å². The van der Waals surface area contributed by atoms with Crippen molar-refractivity contribution in [3.63, 3.8) is 0 Å². The number of nitrogens with one attached hydrogen (secondary N) is 1. The van der Waals surface area contributed by atoms with E-state index >= 15 is 0 Å². The Morgan fingerprint density at radius 1 is 1.15 bits per heavy atom. The maximum Gasteiger partial charge on any atom is 0.414 e. The van der Waals surface area contributed by atoms with Crippen molar-refractivity contribution in [1.29, 1.82) is 5.41 Å². The number of rotatable bonds is 6. The highest BCUT2D eigenvalue weighted by atomic mass is 32.1. The predicted octanol–water partition coefficient (Wildman–Crippen LogP) is 3.75. The Labute approximate surface area is 203 Å². The number of fused-ring (bicyclic) bond motifs is 1. The van der Waals surface area contributed by atoms with Gasteiger partial charge in [0, 0.05) is 12.1 Å². The molecule has 1 aliphatic rings. The van der Waals surface area contributed by atoms with Crippen LogP contribution in [0.3, 0.4) is 0 Å². The second-order valence-electron chi connectivity index (χ2n) is 8.88. The fraction of sp³-hybridized carbons (Fsp3) is 0.357. The zero-order chi connectivity index (χ0) is 24.1. The van der Waals surface area contributed by atoms with Crippen LogP contribution in [0.25, 0.3) is 11.6 Å². The van der Waals surface area contributed by atoms with Gasteiger partial charge in [-0.15, -0.1) is 4.99 Å². The summed E-state index contributed by atoms with van der Waals surface area (Å²) >= 11 is 3.49. The van der Waals surface area contributed by atoms with Crippen molar-refractivity contribution >= 4 is 35.3 Å². The first kappa shape index (κ1) is 25.0. The van der Waals surface area contributed by atoms with E-state index in [2.05, 4.69) is 93.7 Å². The Kier molecular flexibility index (Phi) is 8.33. The number of benzene rings is 2.